The Morgan fingerprint density at radius 2 is 2.00 bits per heavy atom. The van der Waals surface area contributed by atoms with Crippen LogP contribution in [-0.2, 0) is 0 Å². The number of hydrogen-bond donors (Lipinski definition) is 0. The minimum Gasteiger partial charge on any atom is -0.710 e. The van der Waals surface area contributed by atoms with Gasteiger partial charge >= 0.3 is 5.82 Å². The molecule has 0 aliphatic rings. The second-order valence-corrected chi connectivity index (χ2v) is 3.44. The summed E-state index contributed by atoms with van der Waals surface area (Å²) < 4.78 is 2.40. The molecule has 0 fully saturated rings. The first kappa shape index (κ1) is 9.64. The van der Waals surface area contributed by atoms with Crippen molar-refractivity contribution < 1.29 is 4.73 Å². The van der Waals surface area contributed by atoms with Crippen LogP contribution in [0, 0.1) is 26.0 Å². The van der Waals surface area contributed by atoms with Crippen molar-refractivity contribution in [1.82, 2.24) is 14.8 Å². The first-order chi connectivity index (χ1) is 7.09. The highest BCUT2D eigenvalue weighted by Crippen LogP contribution is 2.05. The van der Waals surface area contributed by atoms with Crippen LogP contribution in [0.4, 0.5) is 0 Å². The summed E-state index contributed by atoms with van der Waals surface area (Å²) >= 11 is 0. The minimum absolute atomic E-state index is 0.480. The number of rotatable bonds is 1. The number of aromatic nitrogens is 4. The van der Waals surface area contributed by atoms with Crippen molar-refractivity contribution in [1.29, 1.82) is 0 Å². The predicted octanol–water partition coefficient (Wildman–Crippen LogP) is 0.826. The van der Waals surface area contributed by atoms with Gasteiger partial charge in [0.2, 0.25) is 5.82 Å². The Morgan fingerprint density at radius 3 is 2.60 bits per heavy atom. The molecule has 0 N–H and O–H groups in total. The van der Waals surface area contributed by atoms with Gasteiger partial charge in [0.15, 0.2) is 5.82 Å². The second-order valence-electron chi connectivity index (χ2n) is 3.44. The van der Waals surface area contributed by atoms with E-state index in [1.807, 2.05) is 13.0 Å². The van der Waals surface area contributed by atoms with Crippen LogP contribution in [0.3, 0.4) is 0 Å². The highest BCUT2D eigenvalue weighted by Gasteiger charge is 2.15. The molecule has 78 valence electrons. The highest BCUT2D eigenvalue weighted by atomic mass is 16.5. The Hall–Kier alpha value is -1.91. The van der Waals surface area contributed by atoms with Gasteiger partial charge in [0.1, 0.15) is 5.69 Å². The quantitative estimate of drug-likeness (QED) is 0.510. The van der Waals surface area contributed by atoms with E-state index < -0.39 is 0 Å². The van der Waals surface area contributed by atoms with Gasteiger partial charge in [0.05, 0.1) is 0 Å². The lowest BCUT2D eigenvalue weighted by Gasteiger charge is -2.09. The molecule has 2 aromatic heterocycles. The van der Waals surface area contributed by atoms with E-state index >= 15 is 0 Å². The van der Waals surface area contributed by atoms with E-state index in [-0.39, 0.29) is 0 Å². The van der Waals surface area contributed by atoms with Crippen molar-refractivity contribution in [3.63, 3.8) is 0 Å². The zero-order valence-electron chi connectivity index (χ0n) is 8.93. The topological polar surface area (TPSA) is 57.6 Å². The molecular weight excluding hydrogens is 192 g/mol. The maximum atomic E-state index is 11.8. The van der Waals surface area contributed by atoms with E-state index in [1.54, 1.807) is 30.7 Å². The molecule has 5 nitrogen and oxygen atoms in total. The molecule has 0 unspecified atom stereocenters. The predicted molar refractivity (Wildman–Crippen MR) is 54.5 cm³/mol. The van der Waals surface area contributed by atoms with Crippen molar-refractivity contribution in [2.24, 2.45) is 0 Å². The molecule has 0 atom stereocenters. The molecule has 2 heterocycles. The summed E-state index contributed by atoms with van der Waals surface area (Å²) in [6, 6.07) is 5.31. The molecule has 0 spiro atoms. The van der Waals surface area contributed by atoms with E-state index in [0.29, 0.717) is 23.2 Å². The molecule has 5 heteroatoms. The van der Waals surface area contributed by atoms with Crippen LogP contribution >= 0.6 is 0 Å². The zero-order chi connectivity index (χ0) is 11.0. The molecule has 0 aromatic carbocycles. The summed E-state index contributed by atoms with van der Waals surface area (Å²) in [4.78, 5) is 4.16. The number of hydrogen-bond acceptors (Lipinski definition) is 3. The van der Waals surface area contributed by atoms with Crippen molar-refractivity contribution in [3.8, 4) is 5.82 Å². The van der Waals surface area contributed by atoms with Crippen LogP contribution < -0.4 is 4.73 Å². The lowest BCUT2D eigenvalue weighted by molar-refractivity contribution is -0.607. The van der Waals surface area contributed by atoms with Gasteiger partial charge in [-0.05, 0) is 19.9 Å². The average molecular weight is 204 g/mol. The summed E-state index contributed by atoms with van der Waals surface area (Å²) in [6.45, 7) is 5.38. The van der Waals surface area contributed by atoms with Crippen LogP contribution in [0.5, 0.6) is 0 Å². The number of pyridine rings is 1. The molecule has 0 bridgehead atoms. The Labute approximate surface area is 87.6 Å². The van der Waals surface area contributed by atoms with E-state index in [0.717, 1.165) is 4.73 Å². The van der Waals surface area contributed by atoms with Crippen LogP contribution in [0.15, 0.2) is 18.2 Å². The van der Waals surface area contributed by atoms with E-state index in [4.69, 9.17) is 0 Å². The molecule has 0 radical (unpaired) electrons. The third-order valence-electron chi connectivity index (χ3n) is 2.20. The van der Waals surface area contributed by atoms with Gasteiger partial charge in [0, 0.05) is 13.0 Å². The fourth-order valence-corrected chi connectivity index (χ4v) is 1.48. The van der Waals surface area contributed by atoms with Gasteiger partial charge in [0.25, 0.3) is 0 Å². The summed E-state index contributed by atoms with van der Waals surface area (Å²) in [5, 5.41) is 15.9. The van der Waals surface area contributed by atoms with Gasteiger partial charge in [-0.25, -0.2) is 4.73 Å². The van der Waals surface area contributed by atoms with Gasteiger partial charge < -0.3 is 5.21 Å². The lowest BCUT2D eigenvalue weighted by Crippen LogP contribution is -2.36. The van der Waals surface area contributed by atoms with Crippen LogP contribution in [0.1, 0.15) is 17.3 Å². The minimum atomic E-state index is 0.480. The van der Waals surface area contributed by atoms with Crippen LogP contribution in [0.25, 0.3) is 5.82 Å². The molecule has 0 saturated carbocycles. The molecule has 0 amide bonds. The largest absolute Gasteiger partial charge is 0.710 e. The molecule has 0 saturated heterocycles. The molecule has 15 heavy (non-hydrogen) atoms. The number of aryl methyl sites for hydroxylation is 3. The van der Waals surface area contributed by atoms with Crippen molar-refractivity contribution in [3.05, 3.63) is 40.7 Å². The fourth-order valence-electron chi connectivity index (χ4n) is 1.48. The summed E-state index contributed by atoms with van der Waals surface area (Å²) in [5.41, 5.74) is 0.639. The Morgan fingerprint density at radius 1 is 1.27 bits per heavy atom. The molecule has 0 aliphatic carbocycles. The molecule has 2 rings (SSSR count). The average Bonchev–Trinajstić information content (AvgIpc) is 2.50. The zero-order valence-corrected chi connectivity index (χ0v) is 8.93. The van der Waals surface area contributed by atoms with Crippen LogP contribution in [-0.4, -0.2) is 14.8 Å². The summed E-state index contributed by atoms with van der Waals surface area (Å²) in [5.74, 6) is 1.85. The second kappa shape index (κ2) is 3.34. The third kappa shape index (κ3) is 1.56. The van der Waals surface area contributed by atoms with E-state index in [2.05, 4.69) is 10.1 Å². The maximum Gasteiger partial charge on any atom is 0.311 e. The monoisotopic (exact) mass is 204 g/mol. The Kier molecular flexibility index (Phi) is 2.15. The first-order valence-corrected chi connectivity index (χ1v) is 4.69. The van der Waals surface area contributed by atoms with Crippen molar-refractivity contribution in [2.75, 3.05) is 0 Å². The summed E-state index contributed by atoms with van der Waals surface area (Å²) in [6.07, 6.45) is 0. The van der Waals surface area contributed by atoms with Gasteiger partial charge in [-0.3, -0.25) is 0 Å². The maximum absolute atomic E-state index is 11.8. The highest BCUT2D eigenvalue weighted by molar-refractivity contribution is 5.18. The van der Waals surface area contributed by atoms with Crippen molar-refractivity contribution in [2.45, 2.75) is 20.8 Å². The summed E-state index contributed by atoms with van der Waals surface area (Å²) in [7, 11) is 0. The van der Waals surface area contributed by atoms with Gasteiger partial charge in [-0.1, -0.05) is 15.8 Å². The first-order valence-electron chi connectivity index (χ1n) is 4.69. The van der Waals surface area contributed by atoms with Gasteiger partial charge in [-0.2, -0.15) is 4.98 Å². The van der Waals surface area contributed by atoms with Crippen molar-refractivity contribution >= 4 is 0 Å². The van der Waals surface area contributed by atoms with E-state index in [1.165, 1.54) is 0 Å². The Bertz CT molecular complexity index is 504. The normalized spacial score (nSPS) is 10.6. The standard InChI is InChI=1S/C10H12N4O/c1-7-5-4-6-10(14(7)15)13-9(3)11-8(2)12-13/h4-6H,1-3H3. The SMILES string of the molecule is Cc1nc(C)n(-c2cccc(C)[n+]2[O-])n1. The fraction of sp³-hybridized carbons (Fsp3) is 0.300. The lowest BCUT2D eigenvalue weighted by atomic mass is 10.4. The van der Waals surface area contributed by atoms with Gasteiger partial charge in [-0.15, -0.1) is 0 Å². The molecular formula is C10H12N4O. The van der Waals surface area contributed by atoms with E-state index in [9.17, 15) is 5.21 Å². The Balaban J connectivity index is 2.64. The van der Waals surface area contributed by atoms with Crippen LogP contribution in [0.2, 0.25) is 0 Å². The third-order valence-corrected chi connectivity index (χ3v) is 2.20. The molecule has 0 aliphatic heterocycles. The smallest absolute Gasteiger partial charge is 0.311 e. The number of nitrogens with zero attached hydrogens (tertiary/aromatic N) is 4. The molecule has 2 aromatic rings.